The number of nitrogens with one attached hydrogen (secondary N) is 1. The lowest BCUT2D eigenvalue weighted by atomic mass is 9.83. The lowest BCUT2D eigenvalue weighted by Crippen LogP contribution is -2.48. The Morgan fingerprint density at radius 2 is 2.00 bits per heavy atom. The first-order chi connectivity index (χ1) is 13.3. The van der Waals surface area contributed by atoms with Gasteiger partial charge in [-0.25, -0.2) is 4.68 Å². The maximum atomic E-state index is 12.6. The molecule has 0 radical (unpaired) electrons. The molecule has 7 nitrogen and oxygen atoms in total. The third-order valence-corrected chi connectivity index (χ3v) is 5.60. The van der Waals surface area contributed by atoms with E-state index in [0.29, 0.717) is 25.3 Å². The molecule has 2 aromatic heterocycles. The lowest BCUT2D eigenvalue weighted by molar-refractivity contribution is -0.0963. The van der Waals surface area contributed by atoms with Crippen LogP contribution in [0.25, 0.3) is 5.69 Å². The fourth-order valence-electron chi connectivity index (χ4n) is 4.12. The van der Waals surface area contributed by atoms with Crippen molar-refractivity contribution in [1.82, 2.24) is 24.9 Å². The first kappa shape index (κ1) is 16.3. The van der Waals surface area contributed by atoms with Gasteiger partial charge in [0.05, 0.1) is 29.7 Å². The highest BCUT2D eigenvalue weighted by atomic mass is 16.5. The maximum absolute atomic E-state index is 12.6. The van der Waals surface area contributed by atoms with E-state index in [1.807, 2.05) is 27.8 Å². The number of fused-ring (bicyclic) bond motifs is 2. The van der Waals surface area contributed by atoms with Crippen molar-refractivity contribution in [2.24, 2.45) is 0 Å². The second-order valence-electron chi connectivity index (χ2n) is 7.15. The Morgan fingerprint density at radius 1 is 1.19 bits per heavy atom. The molecule has 138 valence electrons. The fraction of sp³-hybridized carbons (Fsp3) is 0.350. The fourth-order valence-corrected chi connectivity index (χ4v) is 4.12. The van der Waals surface area contributed by atoms with Crippen LogP contribution in [0.5, 0.6) is 0 Å². The normalized spacial score (nSPS) is 18.4. The maximum Gasteiger partial charge on any atom is 0.257 e. The van der Waals surface area contributed by atoms with E-state index in [1.54, 1.807) is 12.4 Å². The first-order valence-electron chi connectivity index (χ1n) is 9.32. The summed E-state index contributed by atoms with van der Waals surface area (Å²) >= 11 is 0. The molecule has 1 aromatic carbocycles. The van der Waals surface area contributed by atoms with Crippen LogP contribution < -0.4 is 0 Å². The van der Waals surface area contributed by atoms with E-state index in [-0.39, 0.29) is 11.5 Å². The number of benzene rings is 1. The number of piperidine rings is 1. The molecular formula is C20H21N5O2. The number of rotatable bonds is 2. The zero-order chi connectivity index (χ0) is 18.3. The van der Waals surface area contributed by atoms with Crippen molar-refractivity contribution in [2.75, 3.05) is 19.7 Å². The molecule has 0 aliphatic carbocycles. The number of aromatic nitrogens is 4. The van der Waals surface area contributed by atoms with E-state index in [9.17, 15) is 4.79 Å². The van der Waals surface area contributed by atoms with Gasteiger partial charge in [0.1, 0.15) is 5.60 Å². The van der Waals surface area contributed by atoms with Crippen molar-refractivity contribution in [3.63, 3.8) is 0 Å². The van der Waals surface area contributed by atoms with E-state index in [4.69, 9.17) is 9.84 Å². The summed E-state index contributed by atoms with van der Waals surface area (Å²) < 4.78 is 8.22. The molecule has 1 amide bonds. The number of hydrogen-bond donors (Lipinski definition) is 1. The Kier molecular flexibility index (Phi) is 3.82. The third kappa shape index (κ3) is 2.75. The summed E-state index contributed by atoms with van der Waals surface area (Å²) in [6.45, 7) is 2.01. The van der Waals surface area contributed by atoms with Crippen LogP contribution >= 0.6 is 0 Å². The number of aromatic amines is 1. The highest BCUT2D eigenvalue weighted by Crippen LogP contribution is 2.41. The molecule has 2 aliphatic heterocycles. The van der Waals surface area contributed by atoms with Gasteiger partial charge in [0.25, 0.3) is 5.91 Å². The minimum atomic E-state index is -0.388. The molecule has 2 aliphatic rings. The average Bonchev–Trinajstić information content (AvgIpc) is 3.40. The number of H-pyrrole nitrogens is 1. The number of hydrogen-bond acceptors (Lipinski definition) is 4. The van der Waals surface area contributed by atoms with Gasteiger partial charge in [0.15, 0.2) is 0 Å². The molecule has 5 rings (SSSR count). The summed E-state index contributed by atoms with van der Waals surface area (Å²) in [5, 5.41) is 11.5. The zero-order valence-electron chi connectivity index (χ0n) is 15.0. The van der Waals surface area contributed by atoms with Crippen molar-refractivity contribution in [1.29, 1.82) is 0 Å². The molecule has 27 heavy (non-hydrogen) atoms. The molecule has 3 aromatic rings. The molecule has 1 spiro atoms. The summed E-state index contributed by atoms with van der Waals surface area (Å²) in [5.41, 5.74) is 3.55. The van der Waals surface area contributed by atoms with E-state index < -0.39 is 0 Å². The van der Waals surface area contributed by atoms with Crippen LogP contribution in [0.15, 0.2) is 48.9 Å². The van der Waals surface area contributed by atoms with Crippen LogP contribution in [0.3, 0.4) is 0 Å². The zero-order valence-corrected chi connectivity index (χ0v) is 15.0. The van der Waals surface area contributed by atoms with Crippen molar-refractivity contribution in [3.05, 3.63) is 65.7 Å². The number of likely N-dealkylation sites (tertiary alicyclic amines) is 1. The summed E-state index contributed by atoms with van der Waals surface area (Å²) in [4.78, 5) is 14.4. The van der Waals surface area contributed by atoms with E-state index in [1.165, 1.54) is 5.56 Å². The van der Waals surface area contributed by atoms with Crippen LogP contribution in [0, 0.1) is 0 Å². The lowest BCUT2D eigenvalue weighted by Gasteiger charge is -2.42. The third-order valence-electron chi connectivity index (χ3n) is 5.60. The van der Waals surface area contributed by atoms with Crippen molar-refractivity contribution in [2.45, 2.75) is 24.9 Å². The smallest absolute Gasteiger partial charge is 0.257 e. The monoisotopic (exact) mass is 363 g/mol. The quantitative estimate of drug-likeness (QED) is 0.758. The molecule has 1 N–H and O–H groups in total. The largest absolute Gasteiger partial charge is 0.368 e. The average molecular weight is 363 g/mol. The SMILES string of the molecule is O=C(c1cn[nH]c1)N1CCC2(CC1)OCCc1cn(-c3ccccc3)nc12. The molecule has 0 bridgehead atoms. The first-order valence-corrected chi connectivity index (χ1v) is 9.32. The highest BCUT2D eigenvalue weighted by Gasteiger charge is 2.44. The predicted molar refractivity (Wildman–Crippen MR) is 98.6 cm³/mol. The minimum absolute atomic E-state index is 0.0180. The topological polar surface area (TPSA) is 76.0 Å². The van der Waals surface area contributed by atoms with E-state index >= 15 is 0 Å². The summed E-state index contributed by atoms with van der Waals surface area (Å²) in [5.74, 6) is 0.0180. The van der Waals surface area contributed by atoms with E-state index in [0.717, 1.165) is 30.6 Å². The molecule has 1 saturated heterocycles. The molecule has 0 unspecified atom stereocenters. The van der Waals surface area contributed by atoms with Gasteiger partial charge < -0.3 is 9.64 Å². The summed E-state index contributed by atoms with van der Waals surface area (Å²) in [7, 11) is 0. The van der Waals surface area contributed by atoms with Gasteiger partial charge in [0, 0.05) is 25.5 Å². The Labute approximate surface area is 156 Å². The van der Waals surface area contributed by atoms with Crippen molar-refractivity contribution >= 4 is 5.91 Å². The molecule has 4 heterocycles. The molecular weight excluding hydrogens is 342 g/mol. The van der Waals surface area contributed by atoms with Crippen LogP contribution in [0.4, 0.5) is 0 Å². The molecule has 0 atom stereocenters. The van der Waals surface area contributed by atoms with Crippen LogP contribution in [-0.4, -0.2) is 50.5 Å². The number of carbonyl (C=O) groups is 1. The highest BCUT2D eigenvalue weighted by molar-refractivity contribution is 5.93. The Morgan fingerprint density at radius 3 is 2.74 bits per heavy atom. The summed E-state index contributed by atoms with van der Waals surface area (Å²) in [6, 6.07) is 10.1. The van der Waals surface area contributed by atoms with Gasteiger partial charge in [-0.05, 0) is 37.0 Å². The Hall–Kier alpha value is -2.93. The second kappa shape index (κ2) is 6.35. The van der Waals surface area contributed by atoms with Crippen molar-refractivity contribution in [3.8, 4) is 5.69 Å². The molecule has 1 fully saturated rings. The van der Waals surface area contributed by atoms with Gasteiger partial charge in [-0.3, -0.25) is 9.89 Å². The van der Waals surface area contributed by atoms with Crippen molar-refractivity contribution < 1.29 is 9.53 Å². The number of para-hydroxylation sites is 1. The number of carbonyl (C=O) groups excluding carboxylic acids is 1. The van der Waals surface area contributed by atoms with Gasteiger partial charge in [-0.1, -0.05) is 18.2 Å². The van der Waals surface area contributed by atoms with Crippen LogP contribution in [-0.2, 0) is 16.8 Å². The van der Waals surface area contributed by atoms with Gasteiger partial charge >= 0.3 is 0 Å². The number of ether oxygens (including phenoxy) is 1. The van der Waals surface area contributed by atoms with E-state index in [2.05, 4.69) is 28.5 Å². The van der Waals surface area contributed by atoms with Crippen LogP contribution in [0.2, 0.25) is 0 Å². The predicted octanol–water partition coefficient (Wildman–Crippen LogP) is 2.30. The Bertz CT molecular complexity index is 940. The van der Waals surface area contributed by atoms with Gasteiger partial charge in [-0.2, -0.15) is 10.2 Å². The summed E-state index contributed by atoms with van der Waals surface area (Å²) in [6.07, 6.45) is 7.73. The number of amides is 1. The Balaban J connectivity index is 1.40. The number of nitrogens with zero attached hydrogens (tertiary/aromatic N) is 4. The standard InChI is InChI=1S/C20H21N5O2/c26-19(16-12-21-22-13-16)24-9-7-20(8-10-24)18-15(6-11-27-20)14-25(23-18)17-4-2-1-3-5-17/h1-5,12-14H,6-11H2,(H,21,22). The second-order valence-corrected chi connectivity index (χ2v) is 7.15. The molecule has 0 saturated carbocycles. The van der Waals surface area contributed by atoms with Gasteiger partial charge in [-0.15, -0.1) is 0 Å². The molecule has 7 heteroatoms. The minimum Gasteiger partial charge on any atom is -0.368 e. The van der Waals surface area contributed by atoms with Crippen LogP contribution in [0.1, 0.15) is 34.5 Å². The van der Waals surface area contributed by atoms with Gasteiger partial charge in [0.2, 0.25) is 0 Å².